The summed E-state index contributed by atoms with van der Waals surface area (Å²) in [6.45, 7) is 15.2. The molecule has 84 valence electrons. The van der Waals surface area contributed by atoms with Gasteiger partial charge in [-0.3, -0.25) is 0 Å². The largest absolute Gasteiger partial charge is 0.0683 e. The Bertz CT molecular complexity index is 46.0. The molecule has 0 bridgehead atoms. The van der Waals surface area contributed by atoms with Crippen molar-refractivity contribution in [2.24, 2.45) is 5.92 Å². The van der Waals surface area contributed by atoms with E-state index in [9.17, 15) is 0 Å². The zero-order chi connectivity index (χ0) is 11.1. The van der Waals surface area contributed by atoms with Crippen molar-refractivity contribution in [1.29, 1.82) is 0 Å². The van der Waals surface area contributed by atoms with E-state index in [1.165, 1.54) is 32.1 Å². The molecule has 0 nitrogen and oxygen atoms in total. The highest BCUT2D eigenvalue weighted by Crippen LogP contribution is 2.07. The monoisotopic (exact) mass is 188 g/mol. The Balaban J connectivity index is -0.000000142. The average molecular weight is 188 g/mol. The molecule has 0 saturated heterocycles. The maximum atomic E-state index is 2.31. The van der Waals surface area contributed by atoms with Gasteiger partial charge in [0, 0.05) is 0 Å². The molecule has 0 unspecified atom stereocenters. The van der Waals surface area contributed by atoms with E-state index in [0.29, 0.717) is 0 Å². The van der Waals surface area contributed by atoms with Gasteiger partial charge in [0.25, 0.3) is 0 Å². The van der Waals surface area contributed by atoms with Gasteiger partial charge in [0.1, 0.15) is 0 Å². The van der Waals surface area contributed by atoms with Crippen molar-refractivity contribution in [2.75, 3.05) is 0 Å². The van der Waals surface area contributed by atoms with Crippen LogP contribution in [-0.4, -0.2) is 0 Å². The summed E-state index contributed by atoms with van der Waals surface area (Å²) in [7, 11) is 0. The van der Waals surface area contributed by atoms with Crippen LogP contribution >= 0.6 is 0 Å². The van der Waals surface area contributed by atoms with E-state index in [2.05, 4.69) is 34.6 Å². The molecule has 0 aliphatic rings. The maximum Gasteiger partial charge on any atom is -0.0446 e. The molecule has 0 saturated carbocycles. The fraction of sp³-hybridized carbons (Fsp3) is 1.00. The first kappa shape index (κ1) is 18.7. The van der Waals surface area contributed by atoms with Gasteiger partial charge in [0.05, 0.1) is 0 Å². The molecule has 0 aliphatic heterocycles. The van der Waals surface area contributed by atoms with Crippen molar-refractivity contribution >= 4 is 0 Å². The highest BCUT2D eigenvalue weighted by Gasteiger charge is 1.92. The summed E-state index contributed by atoms with van der Waals surface area (Å²) in [5.41, 5.74) is 0. The topological polar surface area (TPSA) is 0 Å². The fourth-order valence-corrected chi connectivity index (χ4v) is 0.697. The maximum absolute atomic E-state index is 2.31. The standard InChI is InChI=1S/C7H16.C4H10.C2H6/c1-4-6-7(3)5-2;1-3-4-2;1-2/h7H,4-6H2,1-3H3;3-4H2,1-2H3;1-2H3/t7-;;/m0../s1. The van der Waals surface area contributed by atoms with Crippen molar-refractivity contribution < 1.29 is 0 Å². The second kappa shape index (κ2) is 22.7. The third-order valence-electron chi connectivity index (χ3n) is 1.98. The van der Waals surface area contributed by atoms with E-state index in [-0.39, 0.29) is 0 Å². The van der Waals surface area contributed by atoms with Gasteiger partial charge in [-0.05, 0) is 5.92 Å². The van der Waals surface area contributed by atoms with E-state index in [1.807, 2.05) is 13.8 Å². The van der Waals surface area contributed by atoms with Crippen LogP contribution < -0.4 is 0 Å². The highest BCUT2D eigenvalue weighted by atomic mass is 14.0. The third kappa shape index (κ3) is 33.3. The van der Waals surface area contributed by atoms with Gasteiger partial charge in [-0.25, -0.2) is 0 Å². The fourth-order valence-electron chi connectivity index (χ4n) is 0.697. The lowest BCUT2D eigenvalue weighted by atomic mass is 10.0. The molecule has 0 heteroatoms. The molecule has 0 amide bonds. The number of rotatable bonds is 4. The first-order chi connectivity index (χ1) is 6.22. The summed E-state index contributed by atoms with van der Waals surface area (Å²) >= 11 is 0. The molecule has 0 aliphatic carbocycles. The molecule has 13 heavy (non-hydrogen) atoms. The van der Waals surface area contributed by atoms with Crippen molar-refractivity contribution in [3.8, 4) is 0 Å². The molecule has 0 spiro atoms. The molecule has 0 aromatic heterocycles. The summed E-state index contributed by atoms with van der Waals surface area (Å²) in [5.74, 6) is 0.949. The summed E-state index contributed by atoms with van der Waals surface area (Å²) in [6, 6.07) is 0. The third-order valence-corrected chi connectivity index (χ3v) is 1.98. The van der Waals surface area contributed by atoms with Crippen LogP contribution in [0.1, 0.15) is 80.6 Å². The highest BCUT2D eigenvalue weighted by molar-refractivity contribution is 4.45. The van der Waals surface area contributed by atoms with E-state index in [0.717, 1.165) is 5.92 Å². The van der Waals surface area contributed by atoms with Gasteiger partial charge >= 0.3 is 0 Å². The lowest BCUT2D eigenvalue weighted by Crippen LogP contribution is -1.88. The SMILES string of the molecule is CC.CCCC.CCC[C@@H](C)CC. The van der Waals surface area contributed by atoms with Crippen LogP contribution in [0.2, 0.25) is 0 Å². The predicted molar refractivity (Wildman–Crippen MR) is 66.3 cm³/mol. The molecule has 0 heterocycles. The van der Waals surface area contributed by atoms with Crippen molar-refractivity contribution in [1.82, 2.24) is 0 Å². The van der Waals surface area contributed by atoms with E-state index < -0.39 is 0 Å². The van der Waals surface area contributed by atoms with E-state index >= 15 is 0 Å². The van der Waals surface area contributed by atoms with Gasteiger partial charge in [0.15, 0.2) is 0 Å². The van der Waals surface area contributed by atoms with E-state index in [4.69, 9.17) is 0 Å². The minimum absolute atomic E-state index is 0.949. The normalized spacial score (nSPS) is 10.4. The Morgan fingerprint density at radius 1 is 0.769 bits per heavy atom. The van der Waals surface area contributed by atoms with Crippen LogP contribution in [0.25, 0.3) is 0 Å². The number of hydrogen-bond donors (Lipinski definition) is 0. The van der Waals surface area contributed by atoms with Gasteiger partial charge in [0.2, 0.25) is 0 Å². The first-order valence-corrected chi connectivity index (χ1v) is 6.22. The summed E-state index contributed by atoms with van der Waals surface area (Å²) in [5, 5.41) is 0. The molecular formula is C13H32. The molecule has 0 rings (SSSR count). The summed E-state index contributed by atoms with van der Waals surface area (Å²) in [4.78, 5) is 0. The smallest absolute Gasteiger partial charge is 0.0446 e. The van der Waals surface area contributed by atoms with Gasteiger partial charge in [-0.1, -0.05) is 80.6 Å². The average Bonchev–Trinajstić information content (AvgIpc) is 2.21. The van der Waals surface area contributed by atoms with Crippen LogP contribution in [0.3, 0.4) is 0 Å². The molecule has 0 fully saturated rings. The Kier molecular flexibility index (Phi) is 32.7. The Morgan fingerprint density at radius 3 is 1.23 bits per heavy atom. The zero-order valence-electron chi connectivity index (χ0n) is 11.1. The van der Waals surface area contributed by atoms with Gasteiger partial charge in [-0.2, -0.15) is 0 Å². The summed E-state index contributed by atoms with van der Waals surface area (Å²) in [6.07, 6.45) is 6.72. The predicted octanol–water partition coefficient (Wildman–Crippen LogP) is 5.67. The molecule has 0 N–H and O–H groups in total. The Morgan fingerprint density at radius 2 is 1.15 bits per heavy atom. The zero-order valence-corrected chi connectivity index (χ0v) is 11.1. The van der Waals surface area contributed by atoms with Crippen LogP contribution in [-0.2, 0) is 0 Å². The minimum atomic E-state index is 0.949. The number of unbranched alkanes of at least 4 members (excludes halogenated alkanes) is 1. The first-order valence-electron chi connectivity index (χ1n) is 6.22. The lowest BCUT2D eigenvalue weighted by Gasteiger charge is -2.02. The Hall–Kier alpha value is 0. The van der Waals surface area contributed by atoms with Gasteiger partial charge in [-0.15, -0.1) is 0 Å². The van der Waals surface area contributed by atoms with Crippen LogP contribution in [0.5, 0.6) is 0 Å². The van der Waals surface area contributed by atoms with Gasteiger partial charge < -0.3 is 0 Å². The quantitative estimate of drug-likeness (QED) is 0.533. The minimum Gasteiger partial charge on any atom is -0.0683 e. The summed E-state index contributed by atoms with van der Waals surface area (Å²) < 4.78 is 0. The second-order valence-electron chi connectivity index (χ2n) is 3.30. The molecule has 0 radical (unpaired) electrons. The second-order valence-corrected chi connectivity index (χ2v) is 3.30. The molecular weight excluding hydrogens is 156 g/mol. The molecule has 1 atom stereocenters. The van der Waals surface area contributed by atoms with E-state index in [1.54, 1.807) is 0 Å². The van der Waals surface area contributed by atoms with Crippen LogP contribution in [0, 0.1) is 5.92 Å². The molecule has 0 aromatic carbocycles. The van der Waals surface area contributed by atoms with Crippen LogP contribution in [0.4, 0.5) is 0 Å². The van der Waals surface area contributed by atoms with Crippen molar-refractivity contribution in [2.45, 2.75) is 80.6 Å². The van der Waals surface area contributed by atoms with Crippen LogP contribution in [0.15, 0.2) is 0 Å². The lowest BCUT2D eigenvalue weighted by molar-refractivity contribution is 0.509. The van der Waals surface area contributed by atoms with Crippen molar-refractivity contribution in [3.05, 3.63) is 0 Å². The molecule has 0 aromatic rings. The number of hydrogen-bond acceptors (Lipinski definition) is 0. The van der Waals surface area contributed by atoms with Crippen molar-refractivity contribution in [3.63, 3.8) is 0 Å². The Labute approximate surface area is 87.1 Å².